The van der Waals surface area contributed by atoms with Crippen molar-refractivity contribution in [1.82, 2.24) is 14.9 Å². The Balaban J connectivity index is 1.67. The Kier molecular flexibility index (Phi) is 6.01. The topological polar surface area (TPSA) is 64.0 Å². The van der Waals surface area contributed by atoms with Crippen molar-refractivity contribution >= 4 is 50.8 Å². The molecule has 1 amide bonds. The summed E-state index contributed by atoms with van der Waals surface area (Å²) >= 11 is 8.56. The van der Waals surface area contributed by atoms with Gasteiger partial charge in [-0.25, -0.2) is 4.98 Å². The quantitative estimate of drug-likeness (QED) is 0.495. The third-order valence-electron chi connectivity index (χ3n) is 3.99. The molecule has 3 rings (SSSR count). The van der Waals surface area contributed by atoms with Crippen LogP contribution in [0.5, 0.6) is 0 Å². The molecule has 1 aromatic carbocycles. The zero-order valence-electron chi connectivity index (χ0n) is 14.4. The third-order valence-corrected chi connectivity index (χ3v) is 6.17. The summed E-state index contributed by atoms with van der Waals surface area (Å²) in [4.78, 5) is 29.1. The van der Waals surface area contributed by atoms with Gasteiger partial charge >= 0.3 is 0 Å². The molecular formula is C18H18ClN3O2S2. The molecule has 136 valence electrons. The maximum atomic E-state index is 12.4. The number of aromatic nitrogens is 2. The highest BCUT2D eigenvalue weighted by atomic mass is 35.5. The van der Waals surface area contributed by atoms with E-state index in [1.165, 1.54) is 27.7 Å². The summed E-state index contributed by atoms with van der Waals surface area (Å²) < 4.78 is 2.13. The maximum Gasteiger partial charge on any atom is 0.271 e. The van der Waals surface area contributed by atoms with Crippen molar-refractivity contribution in [2.45, 2.75) is 24.5 Å². The summed E-state index contributed by atoms with van der Waals surface area (Å²) in [6, 6.07) is 9.21. The minimum Gasteiger partial charge on any atom is -0.349 e. The highest BCUT2D eigenvalue weighted by Crippen LogP contribution is 2.22. The summed E-state index contributed by atoms with van der Waals surface area (Å²) in [5, 5.41) is 6.07. The molecule has 0 aliphatic heterocycles. The number of nitrogens with zero attached hydrogens (tertiary/aromatic N) is 2. The summed E-state index contributed by atoms with van der Waals surface area (Å²) in [5.74, 6) is 0.0940. The first kappa shape index (κ1) is 18.9. The number of benzene rings is 1. The lowest BCUT2D eigenvalue weighted by Crippen LogP contribution is -2.30. The van der Waals surface area contributed by atoms with Crippen LogP contribution in [0.15, 0.2) is 45.7 Å². The lowest BCUT2D eigenvalue weighted by molar-refractivity contribution is -0.119. The van der Waals surface area contributed by atoms with Crippen LogP contribution < -0.4 is 10.9 Å². The van der Waals surface area contributed by atoms with Crippen LogP contribution >= 0.6 is 34.7 Å². The number of amides is 1. The zero-order chi connectivity index (χ0) is 18.7. The fraction of sp³-hybridized carbons (Fsp3) is 0.278. The first-order chi connectivity index (χ1) is 12.5. The van der Waals surface area contributed by atoms with Crippen molar-refractivity contribution in [3.05, 3.63) is 56.7 Å². The van der Waals surface area contributed by atoms with Gasteiger partial charge < -0.3 is 5.32 Å². The number of halogens is 1. The molecule has 8 heteroatoms. The van der Waals surface area contributed by atoms with Crippen LogP contribution in [0.3, 0.4) is 0 Å². The van der Waals surface area contributed by atoms with E-state index in [1.807, 2.05) is 42.6 Å². The highest BCUT2D eigenvalue weighted by Gasteiger charge is 2.15. The van der Waals surface area contributed by atoms with E-state index in [9.17, 15) is 9.59 Å². The monoisotopic (exact) mass is 407 g/mol. The predicted octanol–water partition coefficient (Wildman–Crippen LogP) is 4.01. The van der Waals surface area contributed by atoms with E-state index in [0.717, 1.165) is 12.0 Å². The van der Waals surface area contributed by atoms with Crippen molar-refractivity contribution in [2.75, 3.05) is 5.75 Å². The van der Waals surface area contributed by atoms with Gasteiger partial charge in [0.1, 0.15) is 4.70 Å². The minimum atomic E-state index is -0.100. The molecule has 0 radical (unpaired) electrons. The number of hydrogen-bond acceptors (Lipinski definition) is 5. The van der Waals surface area contributed by atoms with E-state index in [2.05, 4.69) is 10.3 Å². The van der Waals surface area contributed by atoms with E-state index in [4.69, 9.17) is 11.6 Å². The van der Waals surface area contributed by atoms with E-state index in [-0.39, 0.29) is 23.3 Å². The van der Waals surface area contributed by atoms with Crippen LogP contribution in [-0.2, 0) is 11.8 Å². The Hall–Kier alpha value is -1.83. The van der Waals surface area contributed by atoms with Gasteiger partial charge in [0.05, 0.1) is 17.3 Å². The summed E-state index contributed by atoms with van der Waals surface area (Å²) in [5.41, 5.74) is 1.61. The Morgan fingerprint density at radius 2 is 2.08 bits per heavy atom. The van der Waals surface area contributed by atoms with Crippen LogP contribution in [0.25, 0.3) is 10.2 Å². The SMILES string of the molecule is CCC(NC(=O)CSc1nc2ccsc2c(=O)n1C)c1ccc(Cl)cc1. The highest BCUT2D eigenvalue weighted by molar-refractivity contribution is 7.99. The number of hydrogen-bond donors (Lipinski definition) is 1. The number of fused-ring (bicyclic) bond motifs is 1. The Labute approximate surface area is 164 Å². The van der Waals surface area contributed by atoms with E-state index in [0.29, 0.717) is 20.4 Å². The molecule has 0 aliphatic rings. The van der Waals surface area contributed by atoms with Crippen molar-refractivity contribution in [3.63, 3.8) is 0 Å². The fourth-order valence-corrected chi connectivity index (χ4v) is 4.29. The minimum absolute atomic E-state index is 0.0727. The van der Waals surface area contributed by atoms with Gasteiger partial charge in [0.25, 0.3) is 5.56 Å². The molecule has 0 spiro atoms. The second-order valence-electron chi connectivity index (χ2n) is 5.76. The summed E-state index contributed by atoms with van der Waals surface area (Å²) in [7, 11) is 1.68. The van der Waals surface area contributed by atoms with Crippen molar-refractivity contribution in [1.29, 1.82) is 0 Å². The van der Waals surface area contributed by atoms with E-state index < -0.39 is 0 Å². The lowest BCUT2D eigenvalue weighted by atomic mass is 10.0. The van der Waals surface area contributed by atoms with Crippen LogP contribution in [0, 0.1) is 0 Å². The number of rotatable bonds is 6. The van der Waals surface area contributed by atoms with Gasteiger partial charge in [-0.2, -0.15) is 0 Å². The van der Waals surface area contributed by atoms with Crippen molar-refractivity contribution < 1.29 is 4.79 Å². The van der Waals surface area contributed by atoms with Gasteiger partial charge in [0, 0.05) is 12.1 Å². The van der Waals surface area contributed by atoms with E-state index in [1.54, 1.807) is 7.05 Å². The largest absolute Gasteiger partial charge is 0.349 e. The van der Waals surface area contributed by atoms with Crippen LogP contribution in [0.2, 0.25) is 5.02 Å². The third kappa shape index (κ3) is 4.11. The van der Waals surface area contributed by atoms with E-state index >= 15 is 0 Å². The molecule has 5 nitrogen and oxygen atoms in total. The Morgan fingerprint density at radius 3 is 2.77 bits per heavy atom. The molecule has 0 bridgehead atoms. The second-order valence-corrected chi connectivity index (χ2v) is 8.06. The molecule has 1 atom stereocenters. The molecule has 3 aromatic rings. The van der Waals surface area contributed by atoms with Crippen LogP contribution in [0.1, 0.15) is 24.9 Å². The number of thiophene rings is 1. The average molecular weight is 408 g/mol. The average Bonchev–Trinajstić information content (AvgIpc) is 3.11. The van der Waals surface area contributed by atoms with Gasteiger partial charge in [0.15, 0.2) is 5.16 Å². The van der Waals surface area contributed by atoms with Crippen LogP contribution in [0.4, 0.5) is 0 Å². The molecule has 0 fully saturated rings. The molecule has 1 unspecified atom stereocenters. The molecule has 2 heterocycles. The van der Waals surface area contributed by atoms with Gasteiger partial charge in [-0.15, -0.1) is 11.3 Å². The molecule has 2 aromatic heterocycles. The predicted molar refractivity (Wildman–Crippen MR) is 108 cm³/mol. The normalized spacial score (nSPS) is 12.3. The van der Waals surface area contributed by atoms with Crippen LogP contribution in [-0.4, -0.2) is 21.2 Å². The molecule has 0 saturated carbocycles. The van der Waals surface area contributed by atoms with Gasteiger partial charge in [-0.3, -0.25) is 14.2 Å². The molecule has 0 saturated heterocycles. The molecular weight excluding hydrogens is 390 g/mol. The second kappa shape index (κ2) is 8.24. The standard InChI is InChI=1S/C18H18ClN3O2S2/c1-3-13(11-4-6-12(19)7-5-11)20-15(23)10-26-18-21-14-8-9-25-16(14)17(24)22(18)2/h4-9,13H,3,10H2,1-2H3,(H,20,23). The first-order valence-electron chi connectivity index (χ1n) is 8.11. The Bertz CT molecular complexity index is 982. The van der Waals surface area contributed by atoms with Crippen molar-refractivity contribution in [2.24, 2.45) is 7.05 Å². The Morgan fingerprint density at radius 1 is 1.35 bits per heavy atom. The van der Waals surface area contributed by atoms with Gasteiger partial charge in [-0.05, 0) is 35.6 Å². The van der Waals surface area contributed by atoms with Crippen molar-refractivity contribution in [3.8, 4) is 0 Å². The van der Waals surface area contributed by atoms with Gasteiger partial charge in [-0.1, -0.05) is 42.4 Å². The number of carbonyl (C=O) groups is 1. The summed E-state index contributed by atoms with van der Waals surface area (Å²) in [6.07, 6.45) is 0.773. The number of carbonyl (C=O) groups excluding carboxylic acids is 1. The smallest absolute Gasteiger partial charge is 0.271 e. The fourth-order valence-electron chi connectivity index (χ4n) is 2.58. The molecule has 0 aliphatic carbocycles. The number of thioether (sulfide) groups is 1. The zero-order valence-corrected chi connectivity index (χ0v) is 16.7. The summed E-state index contributed by atoms with van der Waals surface area (Å²) in [6.45, 7) is 2.02. The molecule has 26 heavy (non-hydrogen) atoms. The van der Waals surface area contributed by atoms with Gasteiger partial charge in [0.2, 0.25) is 5.91 Å². The lowest BCUT2D eigenvalue weighted by Gasteiger charge is -2.17. The number of nitrogens with one attached hydrogen (secondary N) is 1. The first-order valence-corrected chi connectivity index (χ1v) is 10.4. The molecule has 1 N–H and O–H groups in total. The maximum absolute atomic E-state index is 12.4.